The Hall–Kier alpha value is -2.75. The molecule has 0 unspecified atom stereocenters. The molecule has 0 spiro atoms. The van der Waals surface area contributed by atoms with Gasteiger partial charge in [-0.25, -0.2) is 0 Å². The molecule has 2 aromatic carbocycles. The number of benzene rings is 2. The summed E-state index contributed by atoms with van der Waals surface area (Å²) in [6.07, 6.45) is 3.20. The highest BCUT2D eigenvalue weighted by molar-refractivity contribution is 6.02. The van der Waals surface area contributed by atoms with Gasteiger partial charge in [-0.05, 0) is 42.0 Å². The summed E-state index contributed by atoms with van der Waals surface area (Å²) in [7, 11) is 1.61. The first-order valence-corrected chi connectivity index (χ1v) is 6.16. The van der Waals surface area contributed by atoms with Crippen LogP contribution in [0.3, 0.4) is 0 Å². The zero-order valence-electron chi connectivity index (χ0n) is 11.2. The number of nitrogens with one attached hydrogen (secondary N) is 1. The summed E-state index contributed by atoms with van der Waals surface area (Å²) in [5.41, 5.74) is 7.83. The quantitative estimate of drug-likeness (QED) is 0.662. The van der Waals surface area contributed by atoms with E-state index in [0.29, 0.717) is 11.4 Å². The van der Waals surface area contributed by atoms with Gasteiger partial charge in [0, 0.05) is 17.5 Å². The molecule has 0 saturated carbocycles. The molecule has 0 fully saturated rings. The van der Waals surface area contributed by atoms with E-state index in [0.717, 1.165) is 11.3 Å². The van der Waals surface area contributed by atoms with E-state index in [1.54, 1.807) is 37.5 Å². The Morgan fingerprint density at radius 1 is 1.20 bits per heavy atom. The third-order valence-electron chi connectivity index (χ3n) is 2.68. The Kier molecular flexibility index (Phi) is 4.39. The number of nitrogen functional groups attached to an aromatic ring is 1. The van der Waals surface area contributed by atoms with Gasteiger partial charge in [-0.2, -0.15) is 0 Å². The maximum Gasteiger partial charge on any atom is 0.248 e. The van der Waals surface area contributed by atoms with Crippen LogP contribution in [0.25, 0.3) is 6.08 Å². The van der Waals surface area contributed by atoms with E-state index in [9.17, 15) is 4.79 Å². The molecule has 0 aliphatic carbocycles. The molecule has 2 rings (SSSR count). The monoisotopic (exact) mass is 268 g/mol. The van der Waals surface area contributed by atoms with Crippen LogP contribution in [-0.4, -0.2) is 13.0 Å². The topological polar surface area (TPSA) is 64.3 Å². The zero-order valence-corrected chi connectivity index (χ0v) is 11.2. The van der Waals surface area contributed by atoms with Gasteiger partial charge in [-0.1, -0.05) is 18.2 Å². The van der Waals surface area contributed by atoms with Crippen LogP contribution in [0.2, 0.25) is 0 Å². The van der Waals surface area contributed by atoms with Gasteiger partial charge in [0.2, 0.25) is 5.91 Å². The highest BCUT2D eigenvalue weighted by atomic mass is 16.5. The summed E-state index contributed by atoms with van der Waals surface area (Å²) in [6.45, 7) is 0. The van der Waals surface area contributed by atoms with E-state index >= 15 is 0 Å². The average molecular weight is 268 g/mol. The molecule has 0 radical (unpaired) electrons. The molecule has 0 saturated heterocycles. The van der Waals surface area contributed by atoms with Crippen molar-refractivity contribution >= 4 is 23.4 Å². The van der Waals surface area contributed by atoms with Gasteiger partial charge in [-0.15, -0.1) is 0 Å². The number of anilines is 2. The lowest BCUT2D eigenvalue weighted by atomic mass is 10.2. The number of carbonyl (C=O) groups excluding carboxylic acids is 1. The van der Waals surface area contributed by atoms with Crippen LogP contribution >= 0.6 is 0 Å². The Labute approximate surface area is 117 Å². The summed E-state index contributed by atoms with van der Waals surface area (Å²) < 4.78 is 5.12. The van der Waals surface area contributed by atoms with E-state index in [2.05, 4.69) is 5.32 Å². The van der Waals surface area contributed by atoms with E-state index < -0.39 is 0 Å². The molecule has 0 aliphatic rings. The molecule has 0 aromatic heterocycles. The van der Waals surface area contributed by atoms with E-state index in [4.69, 9.17) is 10.5 Å². The molecule has 2 aromatic rings. The van der Waals surface area contributed by atoms with Gasteiger partial charge in [0.1, 0.15) is 5.75 Å². The second kappa shape index (κ2) is 6.43. The Balaban J connectivity index is 2.02. The molecule has 102 valence electrons. The lowest BCUT2D eigenvalue weighted by Gasteiger charge is -2.03. The molecule has 4 nitrogen and oxygen atoms in total. The van der Waals surface area contributed by atoms with Gasteiger partial charge in [0.15, 0.2) is 0 Å². The van der Waals surface area contributed by atoms with Crippen molar-refractivity contribution in [1.82, 2.24) is 0 Å². The van der Waals surface area contributed by atoms with Gasteiger partial charge >= 0.3 is 0 Å². The largest absolute Gasteiger partial charge is 0.497 e. The van der Waals surface area contributed by atoms with Crippen LogP contribution in [0.4, 0.5) is 11.4 Å². The van der Waals surface area contributed by atoms with Crippen LogP contribution < -0.4 is 15.8 Å². The van der Waals surface area contributed by atoms with Crippen LogP contribution in [0.5, 0.6) is 5.75 Å². The molecule has 4 heteroatoms. The van der Waals surface area contributed by atoms with Crippen LogP contribution in [-0.2, 0) is 4.79 Å². The number of hydrogen-bond acceptors (Lipinski definition) is 3. The molecule has 20 heavy (non-hydrogen) atoms. The highest BCUT2D eigenvalue weighted by Gasteiger charge is 1.98. The van der Waals surface area contributed by atoms with Crippen molar-refractivity contribution in [2.24, 2.45) is 0 Å². The smallest absolute Gasteiger partial charge is 0.248 e. The summed E-state index contributed by atoms with van der Waals surface area (Å²) >= 11 is 0. The molecule has 0 atom stereocenters. The first-order valence-electron chi connectivity index (χ1n) is 6.16. The van der Waals surface area contributed by atoms with Gasteiger partial charge in [0.05, 0.1) is 7.11 Å². The minimum Gasteiger partial charge on any atom is -0.497 e. The van der Waals surface area contributed by atoms with Crippen molar-refractivity contribution in [2.75, 3.05) is 18.2 Å². The molecule has 0 bridgehead atoms. The Bertz CT molecular complexity index is 636. The summed E-state index contributed by atoms with van der Waals surface area (Å²) in [6, 6.07) is 14.5. The average Bonchev–Trinajstić information content (AvgIpc) is 2.45. The summed E-state index contributed by atoms with van der Waals surface area (Å²) in [5.74, 6) is 0.543. The molecule has 0 aliphatic heterocycles. The predicted octanol–water partition coefficient (Wildman–Crippen LogP) is 2.93. The first-order chi connectivity index (χ1) is 9.67. The van der Waals surface area contributed by atoms with Crippen LogP contribution in [0, 0.1) is 0 Å². The van der Waals surface area contributed by atoms with Crippen molar-refractivity contribution < 1.29 is 9.53 Å². The second-order valence-electron chi connectivity index (χ2n) is 4.22. The fourth-order valence-electron chi connectivity index (χ4n) is 1.72. The maximum absolute atomic E-state index is 11.8. The number of nitrogens with two attached hydrogens (primary N) is 1. The summed E-state index contributed by atoms with van der Waals surface area (Å²) in [5, 5.41) is 2.74. The fraction of sp³-hybridized carbons (Fsp3) is 0.0625. The normalized spacial score (nSPS) is 10.4. The number of rotatable bonds is 4. The van der Waals surface area contributed by atoms with Gasteiger partial charge in [0.25, 0.3) is 0 Å². The molecular weight excluding hydrogens is 252 g/mol. The number of carbonyl (C=O) groups is 1. The van der Waals surface area contributed by atoms with Crippen molar-refractivity contribution in [3.8, 4) is 5.75 Å². The van der Waals surface area contributed by atoms with Crippen molar-refractivity contribution in [3.63, 3.8) is 0 Å². The van der Waals surface area contributed by atoms with Crippen molar-refractivity contribution in [3.05, 3.63) is 60.2 Å². The predicted molar refractivity (Wildman–Crippen MR) is 81.5 cm³/mol. The third-order valence-corrected chi connectivity index (χ3v) is 2.68. The Morgan fingerprint density at radius 2 is 2.00 bits per heavy atom. The van der Waals surface area contributed by atoms with E-state index in [-0.39, 0.29) is 5.91 Å². The van der Waals surface area contributed by atoms with Crippen molar-refractivity contribution in [2.45, 2.75) is 0 Å². The molecule has 3 N–H and O–H groups in total. The summed E-state index contributed by atoms with van der Waals surface area (Å²) in [4.78, 5) is 11.8. The Morgan fingerprint density at radius 3 is 2.75 bits per heavy atom. The van der Waals surface area contributed by atoms with Crippen LogP contribution in [0.15, 0.2) is 54.6 Å². The SMILES string of the molecule is COc1cccc(C=CC(=O)Nc2cccc(N)c2)c1. The number of ether oxygens (including phenoxy) is 1. The molecule has 1 amide bonds. The minimum atomic E-state index is -0.210. The lowest BCUT2D eigenvalue weighted by Crippen LogP contribution is -2.07. The third kappa shape index (κ3) is 3.88. The van der Waals surface area contributed by atoms with E-state index in [1.807, 2.05) is 24.3 Å². The van der Waals surface area contributed by atoms with Crippen LogP contribution in [0.1, 0.15) is 5.56 Å². The molecule has 0 heterocycles. The zero-order chi connectivity index (χ0) is 14.4. The standard InChI is InChI=1S/C16H16N2O2/c1-20-15-7-2-4-12(10-15)8-9-16(19)18-14-6-3-5-13(17)11-14/h2-11H,17H2,1H3,(H,18,19). The number of hydrogen-bond donors (Lipinski definition) is 2. The highest BCUT2D eigenvalue weighted by Crippen LogP contribution is 2.14. The van der Waals surface area contributed by atoms with E-state index in [1.165, 1.54) is 6.08 Å². The lowest BCUT2D eigenvalue weighted by molar-refractivity contribution is -0.111. The molecular formula is C16H16N2O2. The minimum absolute atomic E-state index is 0.210. The fourth-order valence-corrected chi connectivity index (χ4v) is 1.72. The second-order valence-corrected chi connectivity index (χ2v) is 4.22. The number of amides is 1. The van der Waals surface area contributed by atoms with Gasteiger partial charge < -0.3 is 15.8 Å². The van der Waals surface area contributed by atoms with Gasteiger partial charge in [-0.3, -0.25) is 4.79 Å². The first kappa shape index (κ1) is 13.7. The maximum atomic E-state index is 11.8. The number of methoxy groups -OCH3 is 1. The van der Waals surface area contributed by atoms with Crippen molar-refractivity contribution in [1.29, 1.82) is 0 Å².